The third-order valence-corrected chi connectivity index (χ3v) is 6.55. The average Bonchev–Trinajstić information content (AvgIpc) is 3.59. The van der Waals surface area contributed by atoms with Crippen LogP contribution in [0.3, 0.4) is 0 Å². The molecule has 204 valence electrons. The number of rotatable bonds is 5. The van der Waals surface area contributed by atoms with E-state index >= 15 is 0 Å². The minimum absolute atomic E-state index is 0.187. The fraction of sp³-hybridized carbons (Fsp3) is 0.0690. The highest BCUT2D eigenvalue weighted by Crippen LogP contribution is 2.34. The maximum absolute atomic E-state index is 14.1. The van der Waals surface area contributed by atoms with Crippen LogP contribution in [0.25, 0.3) is 33.7 Å². The first-order valence-electron chi connectivity index (χ1n) is 12.4. The molecule has 1 amide bonds. The average molecular weight is 555 g/mol. The Morgan fingerprint density at radius 2 is 1.76 bits per heavy atom. The normalized spacial score (nSPS) is 11.6. The summed E-state index contributed by atoms with van der Waals surface area (Å²) in [6.45, 7) is 1.88. The van der Waals surface area contributed by atoms with Crippen LogP contribution in [0.2, 0.25) is 0 Å². The lowest BCUT2D eigenvalue weighted by molar-refractivity contribution is -0.143. The number of alkyl halides is 3. The summed E-state index contributed by atoms with van der Waals surface area (Å²) in [5.41, 5.74) is 7.52. The number of pyridine rings is 1. The molecule has 0 saturated carbocycles. The van der Waals surface area contributed by atoms with Crippen molar-refractivity contribution >= 4 is 28.3 Å². The summed E-state index contributed by atoms with van der Waals surface area (Å²) < 4.78 is 44.8. The van der Waals surface area contributed by atoms with E-state index in [0.717, 1.165) is 27.3 Å². The number of carbonyl (C=O) groups excluding carboxylic acids is 1. The van der Waals surface area contributed by atoms with Crippen LogP contribution in [0.1, 0.15) is 21.6 Å². The van der Waals surface area contributed by atoms with Gasteiger partial charge in [-0.1, -0.05) is 24.3 Å². The lowest BCUT2D eigenvalue weighted by atomic mass is 10.0. The predicted octanol–water partition coefficient (Wildman–Crippen LogP) is 5.83. The van der Waals surface area contributed by atoms with Gasteiger partial charge >= 0.3 is 6.18 Å². The second kappa shape index (κ2) is 9.90. The van der Waals surface area contributed by atoms with Crippen LogP contribution in [-0.2, 0) is 6.18 Å². The van der Waals surface area contributed by atoms with Gasteiger partial charge in [0.1, 0.15) is 18.0 Å². The number of nitrogens with two attached hydrogens (primary N) is 1. The molecule has 0 unspecified atom stereocenters. The summed E-state index contributed by atoms with van der Waals surface area (Å²) in [7, 11) is 0. The number of aryl methyl sites for hydroxylation is 1. The van der Waals surface area contributed by atoms with Crippen LogP contribution in [0.15, 0.2) is 91.6 Å². The molecule has 0 aliphatic carbocycles. The first-order chi connectivity index (χ1) is 19.7. The molecule has 9 nitrogen and oxygen atoms in total. The number of hydrogen-bond donors (Lipinski definition) is 2. The third-order valence-electron chi connectivity index (χ3n) is 6.55. The molecule has 0 aliphatic rings. The van der Waals surface area contributed by atoms with Crippen molar-refractivity contribution in [2.75, 3.05) is 11.1 Å². The molecule has 0 spiro atoms. The van der Waals surface area contributed by atoms with Gasteiger partial charge in [0.25, 0.3) is 5.91 Å². The standard InChI is InChI=1S/C29H21F3N8O/c1-17-7-8-19(38-28(41)22-15-37-40(27(22)29(30,31)32)20-5-3-2-4-6-20)11-21(17)23-12-24-18(14-34-23)9-10-39(24)26-13-25(33)35-16-36-26/h2-16H,1H3,(H,38,41)(H2,33,35,36). The molecule has 4 heterocycles. The van der Waals surface area contributed by atoms with Crippen molar-refractivity contribution in [3.63, 3.8) is 0 Å². The van der Waals surface area contributed by atoms with Crippen molar-refractivity contribution in [2.45, 2.75) is 13.1 Å². The smallest absolute Gasteiger partial charge is 0.384 e. The van der Waals surface area contributed by atoms with E-state index in [0.29, 0.717) is 28.6 Å². The maximum Gasteiger partial charge on any atom is 0.434 e. The van der Waals surface area contributed by atoms with E-state index < -0.39 is 23.3 Å². The molecular formula is C29H21F3N8O. The van der Waals surface area contributed by atoms with Gasteiger partial charge in [-0.3, -0.25) is 9.78 Å². The van der Waals surface area contributed by atoms with Gasteiger partial charge in [0, 0.05) is 35.1 Å². The first kappa shape index (κ1) is 25.7. The van der Waals surface area contributed by atoms with Crippen molar-refractivity contribution < 1.29 is 18.0 Å². The molecule has 0 aliphatic heterocycles. The minimum atomic E-state index is -4.82. The fourth-order valence-corrected chi connectivity index (χ4v) is 4.59. The monoisotopic (exact) mass is 554 g/mol. The number of para-hydroxylation sites is 1. The molecular weight excluding hydrogens is 533 g/mol. The molecule has 4 aromatic heterocycles. The van der Waals surface area contributed by atoms with Gasteiger partial charge < -0.3 is 15.6 Å². The zero-order valence-electron chi connectivity index (χ0n) is 21.5. The highest BCUT2D eigenvalue weighted by molar-refractivity contribution is 6.05. The molecule has 0 saturated heterocycles. The molecule has 2 aromatic carbocycles. The first-order valence-corrected chi connectivity index (χ1v) is 12.4. The van der Waals surface area contributed by atoms with Gasteiger partial charge in [-0.2, -0.15) is 18.3 Å². The quantitative estimate of drug-likeness (QED) is 0.277. The Bertz CT molecular complexity index is 1910. The Labute approximate surface area is 231 Å². The van der Waals surface area contributed by atoms with E-state index in [2.05, 4.69) is 25.4 Å². The van der Waals surface area contributed by atoms with Crippen LogP contribution in [0, 0.1) is 6.92 Å². The number of anilines is 2. The van der Waals surface area contributed by atoms with Gasteiger partial charge in [0.2, 0.25) is 0 Å². The van der Waals surface area contributed by atoms with E-state index in [9.17, 15) is 18.0 Å². The number of hydrogen-bond acceptors (Lipinski definition) is 6. The van der Waals surface area contributed by atoms with E-state index in [1.54, 1.807) is 48.7 Å². The summed E-state index contributed by atoms with van der Waals surface area (Å²) in [5, 5.41) is 7.32. The molecule has 0 radical (unpaired) electrons. The van der Waals surface area contributed by atoms with E-state index in [-0.39, 0.29) is 5.69 Å². The number of nitrogen functional groups attached to an aromatic ring is 1. The molecule has 0 atom stereocenters. The van der Waals surface area contributed by atoms with Crippen molar-refractivity contribution in [1.82, 2.24) is 29.3 Å². The number of amides is 1. The van der Waals surface area contributed by atoms with Gasteiger partial charge in [-0.05, 0) is 48.9 Å². The van der Waals surface area contributed by atoms with Crippen LogP contribution >= 0.6 is 0 Å². The molecule has 0 bridgehead atoms. The largest absolute Gasteiger partial charge is 0.434 e. The highest BCUT2D eigenvalue weighted by Gasteiger charge is 2.40. The Morgan fingerprint density at radius 3 is 2.51 bits per heavy atom. The lowest BCUT2D eigenvalue weighted by Gasteiger charge is -2.14. The van der Waals surface area contributed by atoms with Gasteiger partial charge in [0.05, 0.1) is 28.7 Å². The number of fused-ring (bicyclic) bond motifs is 1. The van der Waals surface area contributed by atoms with Crippen LogP contribution in [-0.4, -0.2) is 35.2 Å². The van der Waals surface area contributed by atoms with Crippen molar-refractivity contribution in [2.24, 2.45) is 0 Å². The SMILES string of the molecule is Cc1ccc(NC(=O)c2cnn(-c3ccccc3)c2C(F)(F)F)cc1-c1cc2c(ccn2-c2cc(N)ncn2)cn1. The number of nitrogens with zero attached hydrogens (tertiary/aromatic N) is 6. The molecule has 0 fully saturated rings. The second-order valence-electron chi connectivity index (χ2n) is 9.25. The second-order valence-corrected chi connectivity index (χ2v) is 9.25. The Balaban J connectivity index is 1.35. The number of aromatic nitrogens is 6. The maximum atomic E-state index is 14.1. The van der Waals surface area contributed by atoms with Gasteiger partial charge in [-0.25, -0.2) is 14.6 Å². The highest BCUT2D eigenvalue weighted by atomic mass is 19.4. The van der Waals surface area contributed by atoms with E-state index in [1.807, 2.05) is 29.8 Å². The minimum Gasteiger partial charge on any atom is -0.384 e. The lowest BCUT2D eigenvalue weighted by Crippen LogP contribution is -2.20. The number of nitrogens with one attached hydrogen (secondary N) is 1. The topological polar surface area (TPSA) is 117 Å². The van der Waals surface area contributed by atoms with Crippen LogP contribution in [0.5, 0.6) is 0 Å². The molecule has 12 heteroatoms. The van der Waals surface area contributed by atoms with E-state index in [4.69, 9.17) is 5.73 Å². The summed E-state index contributed by atoms with van der Waals surface area (Å²) >= 11 is 0. The summed E-state index contributed by atoms with van der Waals surface area (Å²) in [6, 6.07) is 18.3. The van der Waals surface area contributed by atoms with Crippen molar-refractivity contribution in [3.8, 4) is 22.8 Å². The van der Waals surface area contributed by atoms with Crippen LogP contribution in [0.4, 0.5) is 24.7 Å². The Kier molecular flexibility index (Phi) is 6.22. The molecule has 3 N–H and O–H groups in total. The summed E-state index contributed by atoms with van der Waals surface area (Å²) in [5.74, 6) is -0.0275. The number of benzene rings is 2. The third kappa shape index (κ3) is 4.86. The molecule has 6 aromatic rings. The number of halogens is 3. The van der Waals surface area contributed by atoms with Crippen molar-refractivity contribution in [3.05, 3.63) is 108 Å². The summed E-state index contributed by atoms with van der Waals surface area (Å²) in [4.78, 5) is 25.9. The van der Waals surface area contributed by atoms with Gasteiger partial charge in [-0.15, -0.1) is 0 Å². The zero-order chi connectivity index (χ0) is 28.7. The summed E-state index contributed by atoms with van der Waals surface area (Å²) in [6.07, 6.45) is 1.03. The Morgan fingerprint density at radius 1 is 0.951 bits per heavy atom. The predicted molar refractivity (Wildman–Crippen MR) is 148 cm³/mol. The van der Waals surface area contributed by atoms with Gasteiger partial charge in [0.15, 0.2) is 5.69 Å². The van der Waals surface area contributed by atoms with Crippen LogP contribution < -0.4 is 11.1 Å². The fourth-order valence-electron chi connectivity index (χ4n) is 4.59. The zero-order valence-corrected chi connectivity index (χ0v) is 21.5. The number of carbonyl (C=O) groups is 1. The molecule has 41 heavy (non-hydrogen) atoms. The Hall–Kier alpha value is -5.52. The van der Waals surface area contributed by atoms with Crippen molar-refractivity contribution in [1.29, 1.82) is 0 Å². The molecule has 6 rings (SSSR count). The van der Waals surface area contributed by atoms with E-state index in [1.165, 1.54) is 18.5 Å².